The number of halogens is 2. The van der Waals surface area contributed by atoms with Gasteiger partial charge in [-0.2, -0.15) is 0 Å². The molecule has 2 rings (SSSR count). The van der Waals surface area contributed by atoms with E-state index in [0.717, 1.165) is 10.6 Å². The van der Waals surface area contributed by atoms with Gasteiger partial charge in [0, 0.05) is 5.38 Å². The van der Waals surface area contributed by atoms with E-state index in [0.29, 0.717) is 14.5 Å². The molecule has 0 fully saturated rings. The molecule has 0 aromatic carbocycles. The Morgan fingerprint density at radius 1 is 1.38 bits per heavy atom. The highest BCUT2D eigenvalue weighted by molar-refractivity contribution is 7.20. The molecule has 0 aliphatic carbocycles. The second-order valence-electron chi connectivity index (χ2n) is 2.30. The fourth-order valence-corrected chi connectivity index (χ4v) is 2.84. The van der Waals surface area contributed by atoms with Crippen LogP contribution >= 0.6 is 45.9 Å². The standard InChI is InChI=1S/C7H4Cl2N2S2/c8-3-1-5(13-6(3)9)4-2-12-7(10)11-4/h1-2H,(H2,10,11). The second-order valence-corrected chi connectivity index (χ2v) is 5.25. The van der Waals surface area contributed by atoms with Crippen LogP contribution in [0.1, 0.15) is 0 Å². The first-order valence-corrected chi connectivity index (χ1v) is 5.78. The molecule has 2 heterocycles. The van der Waals surface area contributed by atoms with E-state index in [4.69, 9.17) is 28.9 Å². The molecule has 2 N–H and O–H groups in total. The van der Waals surface area contributed by atoms with E-state index in [1.807, 2.05) is 5.38 Å². The molecule has 6 heteroatoms. The van der Waals surface area contributed by atoms with Crippen LogP contribution in [0.3, 0.4) is 0 Å². The first kappa shape index (κ1) is 9.27. The fraction of sp³-hybridized carbons (Fsp3) is 0. The summed E-state index contributed by atoms with van der Waals surface area (Å²) in [6, 6.07) is 1.79. The molecule has 2 nitrogen and oxygen atoms in total. The van der Waals surface area contributed by atoms with Gasteiger partial charge in [-0.15, -0.1) is 22.7 Å². The summed E-state index contributed by atoms with van der Waals surface area (Å²) in [4.78, 5) is 5.07. The molecule has 0 saturated carbocycles. The first-order chi connectivity index (χ1) is 6.16. The lowest BCUT2D eigenvalue weighted by atomic mass is 10.4. The number of aromatic nitrogens is 1. The Hall–Kier alpha value is -0.290. The lowest BCUT2D eigenvalue weighted by molar-refractivity contribution is 1.43. The van der Waals surface area contributed by atoms with E-state index >= 15 is 0 Å². The molecule has 0 aliphatic rings. The van der Waals surface area contributed by atoms with Crippen molar-refractivity contribution in [2.24, 2.45) is 0 Å². The zero-order valence-electron chi connectivity index (χ0n) is 6.25. The molecule has 2 aromatic rings. The number of hydrogen-bond donors (Lipinski definition) is 1. The maximum atomic E-state index is 5.82. The summed E-state index contributed by atoms with van der Waals surface area (Å²) in [5.41, 5.74) is 6.34. The average Bonchev–Trinajstić information content (AvgIpc) is 2.61. The van der Waals surface area contributed by atoms with Crippen LogP contribution in [0.4, 0.5) is 5.13 Å². The normalized spacial score (nSPS) is 10.6. The molecule has 0 atom stereocenters. The highest BCUT2D eigenvalue weighted by atomic mass is 35.5. The number of thiazole rings is 1. The van der Waals surface area contributed by atoms with Crippen LogP contribution in [0.25, 0.3) is 10.6 Å². The minimum Gasteiger partial charge on any atom is -0.375 e. The number of hydrogen-bond acceptors (Lipinski definition) is 4. The van der Waals surface area contributed by atoms with Gasteiger partial charge in [0.1, 0.15) is 4.34 Å². The van der Waals surface area contributed by atoms with Gasteiger partial charge in [-0.05, 0) is 6.07 Å². The minimum absolute atomic E-state index is 0.552. The van der Waals surface area contributed by atoms with Crippen LogP contribution in [-0.4, -0.2) is 4.98 Å². The zero-order valence-corrected chi connectivity index (χ0v) is 9.40. The minimum atomic E-state index is 0.552. The van der Waals surface area contributed by atoms with Crippen molar-refractivity contribution in [1.29, 1.82) is 0 Å². The smallest absolute Gasteiger partial charge is 0.180 e. The van der Waals surface area contributed by atoms with Gasteiger partial charge in [-0.3, -0.25) is 0 Å². The molecule has 0 radical (unpaired) electrons. The predicted octanol–water partition coefficient (Wildman–Crippen LogP) is 3.76. The summed E-state index contributed by atoms with van der Waals surface area (Å²) >= 11 is 14.4. The number of anilines is 1. The lowest BCUT2D eigenvalue weighted by Crippen LogP contribution is -1.80. The molecule has 0 bridgehead atoms. The van der Waals surface area contributed by atoms with Crippen LogP contribution in [0, 0.1) is 0 Å². The van der Waals surface area contributed by atoms with E-state index in [1.54, 1.807) is 6.07 Å². The fourth-order valence-electron chi connectivity index (χ4n) is 0.874. The van der Waals surface area contributed by atoms with Gasteiger partial charge in [0.25, 0.3) is 0 Å². The summed E-state index contributed by atoms with van der Waals surface area (Å²) in [6.45, 7) is 0. The summed E-state index contributed by atoms with van der Waals surface area (Å²) in [5.74, 6) is 0. The van der Waals surface area contributed by atoms with Gasteiger partial charge in [0.05, 0.1) is 15.6 Å². The molecule has 0 spiro atoms. The molecular weight excluding hydrogens is 247 g/mol. The maximum Gasteiger partial charge on any atom is 0.180 e. The molecule has 0 unspecified atom stereocenters. The van der Waals surface area contributed by atoms with Gasteiger partial charge in [0.15, 0.2) is 5.13 Å². The maximum absolute atomic E-state index is 5.82. The highest BCUT2D eigenvalue weighted by Gasteiger charge is 2.09. The molecular formula is C7H4Cl2N2S2. The van der Waals surface area contributed by atoms with E-state index in [9.17, 15) is 0 Å². The van der Waals surface area contributed by atoms with Crippen LogP contribution in [0.15, 0.2) is 11.4 Å². The highest BCUT2D eigenvalue weighted by Crippen LogP contribution is 2.38. The predicted molar refractivity (Wildman–Crippen MR) is 59.9 cm³/mol. The Kier molecular flexibility index (Phi) is 2.47. The van der Waals surface area contributed by atoms with Crippen molar-refractivity contribution in [1.82, 2.24) is 4.98 Å². The molecule has 68 valence electrons. The summed E-state index contributed by atoms with van der Waals surface area (Å²) in [7, 11) is 0. The van der Waals surface area contributed by atoms with E-state index < -0.39 is 0 Å². The SMILES string of the molecule is Nc1nc(-c2cc(Cl)c(Cl)s2)cs1. The third-order valence-electron chi connectivity index (χ3n) is 1.42. The monoisotopic (exact) mass is 250 g/mol. The number of nitrogen functional groups attached to an aromatic ring is 1. The Bertz CT molecular complexity index is 416. The van der Waals surface area contributed by atoms with Crippen molar-refractivity contribution < 1.29 is 0 Å². The van der Waals surface area contributed by atoms with Gasteiger partial charge < -0.3 is 5.73 Å². The topological polar surface area (TPSA) is 38.9 Å². The Labute approximate surface area is 92.9 Å². The molecule has 0 saturated heterocycles. The van der Waals surface area contributed by atoms with Crippen molar-refractivity contribution in [3.05, 3.63) is 20.8 Å². The molecule has 13 heavy (non-hydrogen) atoms. The number of nitrogens with zero attached hydrogens (tertiary/aromatic N) is 1. The second kappa shape index (κ2) is 3.46. The largest absolute Gasteiger partial charge is 0.375 e. The van der Waals surface area contributed by atoms with Crippen LogP contribution in [0.2, 0.25) is 9.36 Å². The average molecular weight is 251 g/mol. The lowest BCUT2D eigenvalue weighted by Gasteiger charge is -1.85. The van der Waals surface area contributed by atoms with Crippen LogP contribution in [-0.2, 0) is 0 Å². The van der Waals surface area contributed by atoms with Gasteiger partial charge >= 0.3 is 0 Å². The molecule has 0 aliphatic heterocycles. The quantitative estimate of drug-likeness (QED) is 0.838. The number of rotatable bonds is 1. The van der Waals surface area contributed by atoms with Gasteiger partial charge in [0.2, 0.25) is 0 Å². The van der Waals surface area contributed by atoms with Crippen molar-refractivity contribution in [2.45, 2.75) is 0 Å². The Balaban J connectivity index is 2.46. The van der Waals surface area contributed by atoms with E-state index in [1.165, 1.54) is 22.7 Å². The van der Waals surface area contributed by atoms with Crippen molar-refractivity contribution in [2.75, 3.05) is 5.73 Å². The summed E-state index contributed by atoms with van der Waals surface area (Å²) in [6.07, 6.45) is 0. The van der Waals surface area contributed by atoms with Crippen molar-refractivity contribution in [3.8, 4) is 10.6 Å². The Morgan fingerprint density at radius 2 is 2.15 bits per heavy atom. The van der Waals surface area contributed by atoms with Gasteiger partial charge in [-0.25, -0.2) is 4.98 Å². The zero-order chi connectivity index (χ0) is 9.42. The van der Waals surface area contributed by atoms with Crippen molar-refractivity contribution in [3.63, 3.8) is 0 Å². The number of nitrogens with two attached hydrogens (primary N) is 1. The van der Waals surface area contributed by atoms with E-state index in [-0.39, 0.29) is 0 Å². The third kappa shape index (κ3) is 1.81. The van der Waals surface area contributed by atoms with Crippen molar-refractivity contribution >= 4 is 51.0 Å². The van der Waals surface area contributed by atoms with Gasteiger partial charge in [-0.1, -0.05) is 23.2 Å². The summed E-state index contributed by atoms with van der Waals surface area (Å²) < 4.78 is 0.586. The number of thiophene rings is 1. The molecule has 0 amide bonds. The first-order valence-electron chi connectivity index (χ1n) is 3.33. The third-order valence-corrected chi connectivity index (χ3v) is 3.98. The summed E-state index contributed by atoms with van der Waals surface area (Å²) in [5, 5.41) is 3.00. The van der Waals surface area contributed by atoms with Crippen LogP contribution in [0.5, 0.6) is 0 Å². The Morgan fingerprint density at radius 3 is 2.62 bits per heavy atom. The van der Waals surface area contributed by atoms with Crippen LogP contribution < -0.4 is 5.73 Å². The van der Waals surface area contributed by atoms with E-state index in [2.05, 4.69) is 4.98 Å². The molecule has 2 aromatic heterocycles.